The molecular formula is C53H105N5O8. The van der Waals surface area contributed by atoms with E-state index in [4.69, 9.17) is 14.6 Å². The summed E-state index contributed by atoms with van der Waals surface area (Å²) in [5.74, 6) is 2.32. The van der Waals surface area contributed by atoms with Crippen molar-refractivity contribution in [2.24, 2.45) is 29.6 Å². The molecule has 8 atom stereocenters. The largest absolute Gasteiger partial charge is 0.400 e. The Hall–Kier alpha value is -3.13. The summed E-state index contributed by atoms with van der Waals surface area (Å²) in [7, 11) is 6.03. The molecule has 1 fully saturated rings. The Morgan fingerprint density at radius 3 is 1.94 bits per heavy atom. The smallest absolute Gasteiger partial charge is 0.242 e. The minimum atomic E-state index is -0.400. The van der Waals surface area contributed by atoms with Crippen LogP contribution in [-0.4, -0.2) is 131 Å². The van der Waals surface area contributed by atoms with Crippen LogP contribution in [0.2, 0.25) is 0 Å². The third-order valence-electron chi connectivity index (χ3n) is 12.4. The second-order valence-electron chi connectivity index (χ2n) is 18.3. The predicted octanol–water partition coefficient (Wildman–Crippen LogP) is 9.16. The van der Waals surface area contributed by atoms with Gasteiger partial charge in [0.15, 0.2) is 0 Å². The Bertz CT molecular complexity index is 1220. The second-order valence-corrected chi connectivity index (χ2v) is 18.3. The number of amides is 4. The molecule has 13 nitrogen and oxygen atoms in total. The van der Waals surface area contributed by atoms with Gasteiger partial charge in [-0.2, -0.15) is 0 Å². The number of carbonyl (C=O) groups excluding carboxylic acids is 5. The highest BCUT2D eigenvalue weighted by Crippen LogP contribution is 2.26. The number of nitrogens with one attached hydrogen (secondary N) is 3. The van der Waals surface area contributed by atoms with Crippen molar-refractivity contribution in [3.05, 3.63) is 23.8 Å². The van der Waals surface area contributed by atoms with E-state index in [9.17, 15) is 24.0 Å². The van der Waals surface area contributed by atoms with E-state index in [0.29, 0.717) is 25.3 Å². The van der Waals surface area contributed by atoms with Crippen molar-refractivity contribution < 1.29 is 38.6 Å². The summed E-state index contributed by atoms with van der Waals surface area (Å²) in [6.45, 7) is 31.2. The van der Waals surface area contributed by atoms with E-state index in [-0.39, 0.29) is 48.7 Å². The van der Waals surface area contributed by atoms with E-state index >= 15 is 0 Å². The zero-order valence-corrected chi connectivity index (χ0v) is 45.5. The third-order valence-corrected chi connectivity index (χ3v) is 12.4. The number of methoxy groups -OCH3 is 2. The standard InChI is InChI=1S/C21H32N2O4.C13H26N2O3.C9H21N.C6H14.C3H8.CH4O/c1-16(20(27-2)19-9-6-13-23(19)15-25)21(26)22-18(12-14-24)11-10-17-7-4-3-5-8-17;1-6-10(3)13(11(7-2)18-5)15(4)12(17)8-14-9-16;1-4-7-10-8-6-9(3)5-2;1-5(2)6(3)4;1-3-2;1-2/h4,7-8,14-16,18-20H,3,5-6,9-13H2,1-2H3,(H,22,26);9-11,13H,6-8H2,1-5H3,(H,14,16);9-10H,4-8H2,1-3H3;5-6H,1-4H3;3H2,1-2H3;2H,1H3. The maximum Gasteiger partial charge on any atom is 0.242 e. The molecule has 8 unspecified atom stereocenters. The zero-order chi connectivity index (χ0) is 51.5. The summed E-state index contributed by atoms with van der Waals surface area (Å²) in [5.41, 5.74) is 1.27. The van der Waals surface area contributed by atoms with Crippen molar-refractivity contribution in [2.75, 3.05) is 54.6 Å². The maximum atomic E-state index is 12.8. The van der Waals surface area contributed by atoms with Gasteiger partial charge >= 0.3 is 0 Å². The third kappa shape index (κ3) is 33.4. The molecule has 390 valence electrons. The molecule has 66 heavy (non-hydrogen) atoms. The highest BCUT2D eigenvalue weighted by atomic mass is 16.5. The first-order chi connectivity index (χ1) is 31.5. The monoisotopic (exact) mass is 940 g/mol. The fraction of sp³-hybridized carbons (Fsp3) is 0.830. The first-order valence-corrected chi connectivity index (χ1v) is 25.4. The van der Waals surface area contributed by atoms with Crippen LogP contribution in [0.1, 0.15) is 173 Å². The van der Waals surface area contributed by atoms with Crippen molar-refractivity contribution in [3.8, 4) is 0 Å². The van der Waals surface area contributed by atoms with Gasteiger partial charge in [0.1, 0.15) is 6.29 Å². The molecule has 4 N–H and O–H groups in total. The number of likely N-dealkylation sites (tertiary alicyclic amines) is 1. The minimum Gasteiger partial charge on any atom is -0.400 e. The van der Waals surface area contributed by atoms with E-state index in [1.54, 1.807) is 31.1 Å². The second kappa shape index (κ2) is 47.0. The highest BCUT2D eigenvalue weighted by Gasteiger charge is 2.37. The molecule has 0 aromatic heterocycles. The molecular weight excluding hydrogens is 835 g/mol. The first kappa shape index (κ1) is 69.4. The maximum absolute atomic E-state index is 12.8. The van der Waals surface area contributed by atoms with Crippen molar-refractivity contribution in [3.63, 3.8) is 0 Å². The highest BCUT2D eigenvalue weighted by molar-refractivity contribution is 5.80. The summed E-state index contributed by atoms with van der Waals surface area (Å²) >= 11 is 0. The molecule has 4 amide bonds. The van der Waals surface area contributed by atoms with Crippen LogP contribution in [-0.2, 0) is 33.4 Å². The van der Waals surface area contributed by atoms with Crippen LogP contribution in [0.15, 0.2) is 23.8 Å². The lowest BCUT2D eigenvalue weighted by atomic mass is 9.91. The molecule has 0 saturated carbocycles. The minimum absolute atomic E-state index is 0.0186. The Labute approximate surface area is 405 Å². The number of aliphatic hydroxyl groups excluding tert-OH is 1. The molecule has 1 saturated heterocycles. The van der Waals surface area contributed by atoms with Crippen LogP contribution >= 0.6 is 0 Å². The van der Waals surface area contributed by atoms with Gasteiger partial charge in [0, 0.05) is 47.4 Å². The van der Waals surface area contributed by atoms with E-state index in [1.807, 2.05) is 13.8 Å². The van der Waals surface area contributed by atoms with Crippen LogP contribution < -0.4 is 16.0 Å². The van der Waals surface area contributed by atoms with E-state index in [0.717, 1.165) is 88.9 Å². The number of carbonyl (C=O) groups is 5. The van der Waals surface area contributed by atoms with E-state index < -0.39 is 5.92 Å². The van der Waals surface area contributed by atoms with Gasteiger partial charge in [0.25, 0.3) is 0 Å². The van der Waals surface area contributed by atoms with Gasteiger partial charge in [0.05, 0.1) is 36.8 Å². The average Bonchev–Trinajstić information content (AvgIpc) is 3.80. The fourth-order valence-electron chi connectivity index (χ4n) is 7.09. The fourth-order valence-corrected chi connectivity index (χ4v) is 7.09. The van der Waals surface area contributed by atoms with Gasteiger partial charge in [-0.1, -0.05) is 133 Å². The number of likely N-dealkylation sites (N-methyl/N-ethyl adjacent to an activating group) is 1. The number of hydrogen-bond donors (Lipinski definition) is 4. The molecule has 0 aromatic rings. The zero-order valence-electron chi connectivity index (χ0n) is 45.5. The van der Waals surface area contributed by atoms with Crippen molar-refractivity contribution in [1.29, 1.82) is 0 Å². The normalized spacial score (nSPS) is 16.9. The molecule has 1 heterocycles. The summed E-state index contributed by atoms with van der Waals surface area (Å²) in [4.78, 5) is 60.7. The summed E-state index contributed by atoms with van der Waals surface area (Å²) in [6, 6.07) is -0.224. The number of rotatable bonds is 27. The Balaban J connectivity index is -0.000000423. The number of ether oxygens (including phenoxy) is 2. The molecule has 1 aliphatic heterocycles. The van der Waals surface area contributed by atoms with Gasteiger partial charge in [-0.25, -0.2) is 0 Å². The summed E-state index contributed by atoms with van der Waals surface area (Å²) in [5, 5.41) is 15.8. The van der Waals surface area contributed by atoms with Crippen LogP contribution in [0.3, 0.4) is 0 Å². The number of nitrogens with zero attached hydrogens (tertiary/aromatic N) is 2. The van der Waals surface area contributed by atoms with Gasteiger partial charge in [-0.15, -0.1) is 0 Å². The van der Waals surface area contributed by atoms with E-state index in [2.05, 4.69) is 110 Å². The Morgan fingerprint density at radius 1 is 0.879 bits per heavy atom. The van der Waals surface area contributed by atoms with Gasteiger partial charge in [0.2, 0.25) is 24.6 Å². The van der Waals surface area contributed by atoms with Crippen LogP contribution in [0.4, 0.5) is 0 Å². The molecule has 0 bridgehead atoms. The number of aliphatic hydroxyl groups is 1. The summed E-state index contributed by atoms with van der Waals surface area (Å²) in [6.07, 6.45) is 21.2. The average molecular weight is 940 g/mol. The molecule has 2 aliphatic rings. The number of hydrogen-bond acceptors (Lipinski definition) is 9. The van der Waals surface area contributed by atoms with Crippen molar-refractivity contribution >= 4 is 30.9 Å². The van der Waals surface area contributed by atoms with Gasteiger partial charge in [-0.3, -0.25) is 19.2 Å². The summed E-state index contributed by atoms with van der Waals surface area (Å²) < 4.78 is 11.1. The molecule has 0 aromatic carbocycles. The van der Waals surface area contributed by atoms with Crippen molar-refractivity contribution in [1.82, 2.24) is 25.8 Å². The molecule has 1 aliphatic carbocycles. The van der Waals surface area contributed by atoms with Crippen molar-refractivity contribution in [2.45, 2.75) is 204 Å². The number of aldehydes is 1. The lowest BCUT2D eigenvalue weighted by molar-refractivity contribution is -0.136. The molecule has 13 heteroatoms. The first-order valence-electron chi connectivity index (χ1n) is 25.4. The quantitative estimate of drug-likeness (QED) is 0.0464. The van der Waals surface area contributed by atoms with Crippen LogP contribution in [0.5, 0.6) is 0 Å². The van der Waals surface area contributed by atoms with E-state index in [1.165, 1.54) is 44.3 Å². The van der Waals surface area contributed by atoms with Crippen LogP contribution in [0.25, 0.3) is 0 Å². The van der Waals surface area contributed by atoms with Crippen LogP contribution in [0, 0.1) is 29.6 Å². The molecule has 0 radical (unpaired) electrons. The van der Waals surface area contributed by atoms with Gasteiger partial charge in [-0.05, 0) is 94.5 Å². The lowest BCUT2D eigenvalue weighted by Crippen LogP contribution is -2.51. The molecule has 0 spiro atoms. The Kier molecular flexibility index (Phi) is 49.4. The number of allylic oxidation sites excluding steroid dienone is 4. The Morgan fingerprint density at radius 2 is 1.50 bits per heavy atom. The van der Waals surface area contributed by atoms with Gasteiger partial charge < -0.3 is 45.1 Å². The predicted molar refractivity (Wildman–Crippen MR) is 276 cm³/mol. The topological polar surface area (TPSA) is 167 Å². The SMILES string of the molecule is CC(C)C(C)C.CCC.CCC(C)C(C(CC)OC)N(C)C(=O)CNC=O.CCCNCCC(C)CC.CO.COC(C(C)C(=O)NC(CC=O)CCC1=CCCC=C1)C1CCCN1C=O. The molecule has 2 rings (SSSR count). The lowest BCUT2D eigenvalue weighted by Gasteiger charge is -2.37.